The van der Waals surface area contributed by atoms with Crippen LogP contribution < -0.4 is 29.0 Å². The van der Waals surface area contributed by atoms with Gasteiger partial charge in [-0.1, -0.05) is 6.07 Å². The van der Waals surface area contributed by atoms with Crippen LogP contribution in [0, 0.1) is 0 Å². The van der Waals surface area contributed by atoms with Crippen LogP contribution in [0.2, 0.25) is 0 Å². The van der Waals surface area contributed by atoms with Crippen molar-refractivity contribution in [3.63, 3.8) is 0 Å². The smallest absolute Gasteiger partial charge is 0.251 e. The molecular formula is C23H28N2O7. The molecule has 32 heavy (non-hydrogen) atoms. The second-order valence-corrected chi connectivity index (χ2v) is 7.40. The maximum absolute atomic E-state index is 13.0. The quantitative estimate of drug-likeness (QED) is 0.664. The molecule has 0 aliphatic carbocycles. The fourth-order valence-electron chi connectivity index (χ4n) is 3.97. The van der Waals surface area contributed by atoms with E-state index in [4.69, 9.17) is 28.4 Å². The van der Waals surface area contributed by atoms with Gasteiger partial charge in [-0.2, -0.15) is 0 Å². The lowest BCUT2D eigenvalue weighted by Gasteiger charge is -2.35. The number of benzene rings is 2. The number of morpholine rings is 1. The fourth-order valence-corrected chi connectivity index (χ4v) is 3.97. The first-order chi connectivity index (χ1) is 15.6. The summed E-state index contributed by atoms with van der Waals surface area (Å²) in [4.78, 5) is 15.3. The molecule has 2 aliphatic rings. The minimum atomic E-state index is -0.233. The molecule has 0 bridgehead atoms. The molecule has 1 amide bonds. The summed E-state index contributed by atoms with van der Waals surface area (Å²) in [6.07, 6.45) is 0. The monoisotopic (exact) mass is 444 g/mol. The maximum atomic E-state index is 13.0. The van der Waals surface area contributed by atoms with Crippen molar-refractivity contribution >= 4 is 5.91 Å². The zero-order valence-electron chi connectivity index (χ0n) is 18.5. The highest BCUT2D eigenvalue weighted by atomic mass is 16.7. The van der Waals surface area contributed by atoms with Crippen LogP contribution in [0.3, 0.4) is 0 Å². The second kappa shape index (κ2) is 9.97. The third-order valence-corrected chi connectivity index (χ3v) is 5.65. The number of fused-ring (bicyclic) bond motifs is 1. The Bertz CT molecular complexity index is 934. The first kappa shape index (κ1) is 22.0. The predicted molar refractivity (Wildman–Crippen MR) is 116 cm³/mol. The van der Waals surface area contributed by atoms with Crippen LogP contribution in [0.5, 0.6) is 28.7 Å². The number of methoxy groups -OCH3 is 3. The Labute approximate surface area is 187 Å². The van der Waals surface area contributed by atoms with Crippen LogP contribution in [-0.2, 0) is 4.74 Å². The molecule has 9 heteroatoms. The van der Waals surface area contributed by atoms with Gasteiger partial charge in [0.25, 0.3) is 5.91 Å². The number of nitrogens with zero attached hydrogens (tertiary/aromatic N) is 1. The van der Waals surface area contributed by atoms with Gasteiger partial charge in [-0.05, 0) is 29.8 Å². The molecule has 4 rings (SSSR count). The van der Waals surface area contributed by atoms with E-state index in [1.54, 1.807) is 12.1 Å². The minimum absolute atomic E-state index is 0.0422. The van der Waals surface area contributed by atoms with Crippen LogP contribution in [0.4, 0.5) is 0 Å². The molecule has 172 valence electrons. The first-order valence-corrected chi connectivity index (χ1v) is 10.4. The molecule has 0 aromatic heterocycles. The van der Waals surface area contributed by atoms with Crippen molar-refractivity contribution in [2.75, 3.05) is 61.0 Å². The highest BCUT2D eigenvalue weighted by molar-refractivity contribution is 5.95. The van der Waals surface area contributed by atoms with Gasteiger partial charge >= 0.3 is 0 Å². The summed E-state index contributed by atoms with van der Waals surface area (Å²) in [6, 6.07) is 9.14. The largest absolute Gasteiger partial charge is 0.493 e. The second-order valence-electron chi connectivity index (χ2n) is 7.40. The molecular weight excluding hydrogens is 416 g/mol. The molecule has 1 N–H and O–H groups in total. The molecule has 1 atom stereocenters. The van der Waals surface area contributed by atoms with Crippen molar-refractivity contribution in [2.24, 2.45) is 0 Å². The Morgan fingerprint density at radius 2 is 1.69 bits per heavy atom. The number of carbonyl (C=O) groups excluding carboxylic acids is 1. The van der Waals surface area contributed by atoms with Gasteiger partial charge in [-0.25, -0.2) is 0 Å². The van der Waals surface area contributed by atoms with E-state index in [-0.39, 0.29) is 18.7 Å². The van der Waals surface area contributed by atoms with E-state index in [1.165, 1.54) is 21.3 Å². The summed E-state index contributed by atoms with van der Waals surface area (Å²) in [5.74, 6) is 2.52. The number of rotatable bonds is 8. The number of carbonyl (C=O) groups is 1. The Morgan fingerprint density at radius 3 is 2.34 bits per heavy atom. The summed E-state index contributed by atoms with van der Waals surface area (Å²) in [5, 5.41) is 3.06. The lowest BCUT2D eigenvalue weighted by atomic mass is 10.0. The van der Waals surface area contributed by atoms with Crippen molar-refractivity contribution < 1.29 is 33.2 Å². The van der Waals surface area contributed by atoms with E-state index in [9.17, 15) is 4.79 Å². The van der Waals surface area contributed by atoms with Gasteiger partial charge in [0, 0.05) is 25.2 Å². The highest BCUT2D eigenvalue weighted by Gasteiger charge is 2.26. The Kier molecular flexibility index (Phi) is 6.87. The van der Waals surface area contributed by atoms with E-state index in [1.807, 2.05) is 18.2 Å². The summed E-state index contributed by atoms with van der Waals surface area (Å²) >= 11 is 0. The van der Waals surface area contributed by atoms with Crippen molar-refractivity contribution in [3.05, 3.63) is 41.5 Å². The molecule has 2 aromatic rings. The fraction of sp³-hybridized carbons (Fsp3) is 0.435. The van der Waals surface area contributed by atoms with E-state index in [0.717, 1.165) is 30.2 Å². The minimum Gasteiger partial charge on any atom is -0.493 e. The summed E-state index contributed by atoms with van der Waals surface area (Å²) < 4.78 is 32.6. The SMILES string of the molecule is COc1cc(C(=O)NC[C@H](c2ccc3c(c2)OCO3)N2CCOCC2)cc(OC)c1OC. The van der Waals surface area contributed by atoms with Gasteiger partial charge in [0.15, 0.2) is 23.0 Å². The highest BCUT2D eigenvalue weighted by Crippen LogP contribution is 2.38. The van der Waals surface area contributed by atoms with Crippen molar-refractivity contribution in [1.29, 1.82) is 0 Å². The topological polar surface area (TPSA) is 87.7 Å². The molecule has 1 saturated heterocycles. The number of ether oxygens (including phenoxy) is 6. The normalized spacial score (nSPS) is 16.3. The number of hydrogen-bond donors (Lipinski definition) is 1. The molecule has 1 fully saturated rings. The average Bonchev–Trinajstić information content (AvgIpc) is 3.31. The van der Waals surface area contributed by atoms with Crippen LogP contribution in [0.1, 0.15) is 22.0 Å². The number of amides is 1. The molecule has 0 unspecified atom stereocenters. The number of hydrogen-bond acceptors (Lipinski definition) is 8. The van der Waals surface area contributed by atoms with E-state index in [0.29, 0.717) is 42.6 Å². The van der Waals surface area contributed by atoms with Crippen molar-refractivity contribution in [3.8, 4) is 28.7 Å². The first-order valence-electron chi connectivity index (χ1n) is 10.4. The Balaban J connectivity index is 1.55. The van der Waals surface area contributed by atoms with E-state index < -0.39 is 0 Å². The molecule has 2 aromatic carbocycles. The summed E-state index contributed by atoms with van der Waals surface area (Å²) in [6.45, 7) is 3.50. The third-order valence-electron chi connectivity index (χ3n) is 5.65. The third kappa shape index (κ3) is 4.53. The zero-order valence-corrected chi connectivity index (χ0v) is 18.5. The van der Waals surface area contributed by atoms with Gasteiger partial charge in [-0.3, -0.25) is 9.69 Å². The molecule has 2 aliphatic heterocycles. The lowest BCUT2D eigenvalue weighted by Crippen LogP contribution is -2.43. The summed E-state index contributed by atoms with van der Waals surface area (Å²) in [5.41, 5.74) is 1.47. The summed E-state index contributed by atoms with van der Waals surface area (Å²) in [7, 11) is 4.57. The van der Waals surface area contributed by atoms with Crippen molar-refractivity contribution in [2.45, 2.75) is 6.04 Å². The Morgan fingerprint density at radius 1 is 1.00 bits per heavy atom. The van der Waals surface area contributed by atoms with E-state index >= 15 is 0 Å². The van der Waals surface area contributed by atoms with Crippen LogP contribution in [0.25, 0.3) is 0 Å². The molecule has 9 nitrogen and oxygen atoms in total. The van der Waals surface area contributed by atoms with Gasteiger partial charge in [0.2, 0.25) is 12.5 Å². The van der Waals surface area contributed by atoms with Gasteiger partial charge in [0.1, 0.15) is 0 Å². The molecule has 2 heterocycles. The van der Waals surface area contributed by atoms with E-state index in [2.05, 4.69) is 10.2 Å². The zero-order chi connectivity index (χ0) is 22.5. The molecule has 0 saturated carbocycles. The lowest BCUT2D eigenvalue weighted by molar-refractivity contribution is 0.0162. The van der Waals surface area contributed by atoms with Gasteiger partial charge < -0.3 is 33.7 Å². The van der Waals surface area contributed by atoms with Gasteiger partial charge in [-0.15, -0.1) is 0 Å². The van der Waals surface area contributed by atoms with Crippen LogP contribution in [-0.4, -0.2) is 71.8 Å². The van der Waals surface area contributed by atoms with Crippen molar-refractivity contribution in [1.82, 2.24) is 10.2 Å². The van der Waals surface area contributed by atoms with Gasteiger partial charge in [0.05, 0.1) is 40.6 Å². The average molecular weight is 444 g/mol. The van der Waals surface area contributed by atoms with Crippen LogP contribution >= 0.6 is 0 Å². The molecule has 0 spiro atoms. The predicted octanol–water partition coefficient (Wildman–Crippen LogP) is 2.24. The standard InChI is InChI=1S/C23H28N2O7/c1-27-20-11-16(12-21(28-2)22(20)29-3)23(26)24-13-17(25-6-8-30-9-7-25)15-4-5-18-19(10-15)32-14-31-18/h4-5,10-12,17H,6-9,13-14H2,1-3H3,(H,24,26)/t17-/m1/s1. The van der Waals surface area contributed by atoms with Crippen LogP contribution in [0.15, 0.2) is 30.3 Å². The Hall–Kier alpha value is -3.17. The maximum Gasteiger partial charge on any atom is 0.251 e. The number of nitrogens with one attached hydrogen (secondary N) is 1. The molecule has 0 radical (unpaired) electrons.